The van der Waals surface area contributed by atoms with E-state index < -0.39 is 0 Å². The molecular formula is C14H16BrNO3. The lowest BCUT2D eigenvalue weighted by atomic mass is 9.94. The second-order valence-corrected chi connectivity index (χ2v) is 5.79. The van der Waals surface area contributed by atoms with Crippen molar-refractivity contribution >= 4 is 21.6 Å². The quantitative estimate of drug-likeness (QED) is 0.926. The fourth-order valence-electron chi connectivity index (χ4n) is 2.79. The van der Waals surface area contributed by atoms with Crippen molar-refractivity contribution in [2.75, 3.05) is 13.2 Å². The van der Waals surface area contributed by atoms with E-state index in [1.807, 2.05) is 18.2 Å². The maximum Gasteiger partial charge on any atom is 0.136 e. The molecule has 1 fully saturated rings. The number of aliphatic hydroxyl groups is 1. The predicted molar refractivity (Wildman–Crippen MR) is 75.5 cm³/mol. The van der Waals surface area contributed by atoms with Crippen molar-refractivity contribution < 1.29 is 14.7 Å². The minimum Gasteiger partial charge on any atom is -0.491 e. The van der Waals surface area contributed by atoms with E-state index in [0.717, 1.165) is 34.3 Å². The predicted octanol–water partition coefficient (Wildman–Crippen LogP) is 2.72. The normalized spacial score (nSPS) is 24.8. The van der Waals surface area contributed by atoms with Crippen LogP contribution in [0.5, 0.6) is 5.75 Å². The van der Waals surface area contributed by atoms with Gasteiger partial charge in [-0.25, -0.2) is 0 Å². The van der Waals surface area contributed by atoms with E-state index in [1.54, 1.807) is 0 Å². The van der Waals surface area contributed by atoms with Gasteiger partial charge in [0.25, 0.3) is 0 Å². The topological polar surface area (TPSA) is 51.0 Å². The van der Waals surface area contributed by atoms with Crippen LogP contribution in [0.1, 0.15) is 24.8 Å². The van der Waals surface area contributed by atoms with E-state index in [1.165, 1.54) is 6.42 Å². The van der Waals surface area contributed by atoms with Crippen molar-refractivity contribution in [3.8, 4) is 5.75 Å². The summed E-state index contributed by atoms with van der Waals surface area (Å²) in [6.07, 6.45) is 3.63. The summed E-state index contributed by atoms with van der Waals surface area (Å²) in [5.41, 5.74) is 1.95. The number of benzene rings is 1. The number of hydrogen-bond acceptors (Lipinski definition) is 4. The van der Waals surface area contributed by atoms with Gasteiger partial charge >= 0.3 is 0 Å². The molecule has 0 bridgehead atoms. The Morgan fingerprint density at radius 2 is 2.32 bits per heavy atom. The third-order valence-corrected chi connectivity index (χ3v) is 4.15. The average molecular weight is 326 g/mol. The van der Waals surface area contributed by atoms with Crippen LogP contribution in [-0.4, -0.2) is 30.1 Å². The highest BCUT2D eigenvalue weighted by atomic mass is 79.9. The Bertz CT molecular complexity index is 503. The molecule has 0 radical (unpaired) electrons. The molecule has 1 aromatic rings. The molecule has 5 heteroatoms. The fourth-order valence-corrected chi connectivity index (χ4v) is 3.15. The lowest BCUT2D eigenvalue weighted by Crippen LogP contribution is -2.18. The third-order valence-electron chi connectivity index (χ3n) is 3.66. The number of aliphatic hydroxyl groups excluding tert-OH is 1. The molecule has 1 saturated carbocycles. The highest BCUT2D eigenvalue weighted by molar-refractivity contribution is 9.10. The summed E-state index contributed by atoms with van der Waals surface area (Å²) in [7, 11) is 0. The number of oxime groups is 1. The Kier molecular flexibility index (Phi) is 3.75. The Labute approximate surface area is 120 Å². The Balaban J connectivity index is 1.92. The van der Waals surface area contributed by atoms with Crippen LogP contribution in [0.15, 0.2) is 27.8 Å². The van der Waals surface area contributed by atoms with Crippen LogP contribution in [-0.2, 0) is 4.84 Å². The molecular weight excluding hydrogens is 310 g/mol. The number of ether oxygens (including phenoxy) is 1. The van der Waals surface area contributed by atoms with Gasteiger partial charge in [-0.1, -0.05) is 21.1 Å². The molecule has 2 unspecified atom stereocenters. The Morgan fingerprint density at radius 1 is 1.42 bits per heavy atom. The molecule has 1 aliphatic heterocycles. The minimum absolute atomic E-state index is 0.00450. The number of fused-ring (bicyclic) bond motifs is 1. The van der Waals surface area contributed by atoms with E-state index in [0.29, 0.717) is 5.92 Å². The second kappa shape index (κ2) is 5.51. The van der Waals surface area contributed by atoms with Crippen LogP contribution in [0, 0.1) is 5.92 Å². The molecule has 0 amide bonds. The van der Waals surface area contributed by atoms with Crippen LogP contribution >= 0.6 is 15.9 Å². The third kappa shape index (κ3) is 2.49. The first-order valence-electron chi connectivity index (χ1n) is 6.57. The fraction of sp³-hybridized carbons (Fsp3) is 0.500. The zero-order valence-corrected chi connectivity index (χ0v) is 12.1. The number of rotatable bonds is 4. The van der Waals surface area contributed by atoms with Crippen LogP contribution in [0.3, 0.4) is 0 Å². The van der Waals surface area contributed by atoms with Gasteiger partial charge in [-0.05, 0) is 37.5 Å². The molecule has 1 N–H and O–H groups in total. The summed E-state index contributed by atoms with van der Waals surface area (Å²) in [4.78, 5) is 5.51. The molecule has 3 rings (SSSR count). The Hall–Kier alpha value is -1.07. The highest BCUT2D eigenvalue weighted by Crippen LogP contribution is 2.38. The average Bonchev–Trinajstić information content (AvgIpc) is 2.99. The van der Waals surface area contributed by atoms with E-state index in [9.17, 15) is 0 Å². The van der Waals surface area contributed by atoms with Crippen molar-refractivity contribution in [1.29, 1.82) is 0 Å². The monoisotopic (exact) mass is 325 g/mol. The van der Waals surface area contributed by atoms with Crippen molar-refractivity contribution in [3.05, 3.63) is 28.2 Å². The number of halogens is 1. The zero-order chi connectivity index (χ0) is 13.2. The SMILES string of the molecule is OCCOc1ccc(Br)cc1C1=NOC2CCCC12. The van der Waals surface area contributed by atoms with Crippen molar-refractivity contribution in [2.24, 2.45) is 11.1 Å². The van der Waals surface area contributed by atoms with Crippen molar-refractivity contribution in [2.45, 2.75) is 25.4 Å². The molecule has 102 valence electrons. The van der Waals surface area contributed by atoms with Gasteiger partial charge in [0.05, 0.1) is 12.3 Å². The van der Waals surface area contributed by atoms with Crippen LogP contribution in [0.25, 0.3) is 0 Å². The largest absolute Gasteiger partial charge is 0.491 e. The molecule has 1 heterocycles. The van der Waals surface area contributed by atoms with E-state index in [-0.39, 0.29) is 19.3 Å². The summed E-state index contributed by atoms with van der Waals surface area (Å²) >= 11 is 3.48. The van der Waals surface area contributed by atoms with Gasteiger partial charge in [0.1, 0.15) is 18.5 Å². The highest BCUT2D eigenvalue weighted by Gasteiger charge is 2.39. The van der Waals surface area contributed by atoms with Gasteiger partial charge in [-0.15, -0.1) is 0 Å². The lowest BCUT2D eigenvalue weighted by molar-refractivity contribution is 0.0746. The molecule has 1 aliphatic carbocycles. The second-order valence-electron chi connectivity index (χ2n) is 4.87. The number of hydrogen-bond donors (Lipinski definition) is 1. The molecule has 2 atom stereocenters. The van der Waals surface area contributed by atoms with Crippen LogP contribution in [0.4, 0.5) is 0 Å². The minimum atomic E-state index is 0.00450. The van der Waals surface area contributed by atoms with Gasteiger partial charge in [0, 0.05) is 16.0 Å². The maximum absolute atomic E-state index is 8.90. The van der Waals surface area contributed by atoms with Crippen LogP contribution in [0.2, 0.25) is 0 Å². The summed E-state index contributed by atoms with van der Waals surface area (Å²) < 4.78 is 6.58. The molecule has 0 spiro atoms. The van der Waals surface area contributed by atoms with Gasteiger partial charge in [0.2, 0.25) is 0 Å². The summed E-state index contributed by atoms with van der Waals surface area (Å²) in [5, 5.41) is 13.2. The lowest BCUT2D eigenvalue weighted by Gasteiger charge is -2.14. The smallest absolute Gasteiger partial charge is 0.136 e. The van der Waals surface area contributed by atoms with E-state index >= 15 is 0 Å². The Morgan fingerprint density at radius 3 is 3.16 bits per heavy atom. The van der Waals surface area contributed by atoms with Crippen molar-refractivity contribution in [1.82, 2.24) is 0 Å². The van der Waals surface area contributed by atoms with E-state index in [4.69, 9.17) is 14.7 Å². The summed E-state index contributed by atoms with van der Waals surface area (Å²) in [6.45, 7) is 0.293. The molecule has 0 saturated heterocycles. The molecule has 1 aromatic carbocycles. The van der Waals surface area contributed by atoms with Gasteiger partial charge in [-0.3, -0.25) is 0 Å². The summed E-state index contributed by atoms with van der Waals surface area (Å²) in [5.74, 6) is 1.14. The first-order valence-corrected chi connectivity index (χ1v) is 7.36. The first kappa shape index (κ1) is 12.9. The molecule has 4 nitrogen and oxygen atoms in total. The standard InChI is InChI=1S/C14H16BrNO3/c15-9-4-5-12(18-7-6-17)11(8-9)14-10-2-1-3-13(10)19-16-14/h4-5,8,10,13,17H,1-3,6-7H2. The zero-order valence-electron chi connectivity index (χ0n) is 10.5. The molecule has 2 aliphatic rings. The van der Waals surface area contributed by atoms with E-state index in [2.05, 4.69) is 21.1 Å². The first-order chi connectivity index (χ1) is 9.29. The van der Waals surface area contributed by atoms with Gasteiger partial charge in [-0.2, -0.15) is 0 Å². The van der Waals surface area contributed by atoms with Gasteiger partial charge < -0.3 is 14.7 Å². The van der Waals surface area contributed by atoms with Crippen molar-refractivity contribution in [3.63, 3.8) is 0 Å². The molecule has 0 aromatic heterocycles. The van der Waals surface area contributed by atoms with Crippen LogP contribution < -0.4 is 4.74 Å². The summed E-state index contributed by atoms with van der Waals surface area (Å²) in [6, 6.07) is 5.84. The number of nitrogens with zero attached hydrogens (tertiary/aromatic N) is 1. The molecule has 19 heavy (non-hydrogen) atoms. The van der Waals surface area contributed by atoms with Gasteiger partial charge in [0.15, 0.2) is 0 Å². The maximum atomic E-state index is 8.90.